The van der Waals surface area contributed by atoms with Crippen LogP contribution in [0.3, 0.4) is 0 Å². The summed E-state index contributed by atoms with van der Waals surface area (Å²) in [7, 11) is 0. The van der Waals surface area contributed by atoms with Crippen molar-refractivity contribution >= 4 is 16.9 Å². The van der Waals surface area contributed by atoms with Crippen molar-refractivity contribution in [2.45, 2.75) is 6.61 Å². The molecule has 3 aromatic heterocycles. The number of halogens is 1. The summed E-state index contributed by atoms with van der Waals surface area (Å²) in [6.07, 6.45) is 3.47. The van der Waals surface area contributed by atoms with Crippen LogP contribution in [0.25, 0.3) is 33.4 Å². The van der Waals surface area contributed by atoms with E-state index in [4.69, 9.17) is 10.5 Å². The Balaban J connectivity index is 1.71. The highest BCUT2D eigenvalue weighted by molar-refractivity contribution is 6.06. The molecule has 0 spiro atoms. The van der Waals surface area contributed by atoms with Crippen LogP contribution in [0, 0.1) is 5.82 Å². The molecule has 6 heteroatoms. The molecule has 3 heterocycles. The summed E-state index contributed by atoms with van der Waals surface area (Å²) in [5.74, 6) is 0.686. The van der Waals surface area contributed by atoms with Crippen molar-refractivity contribution in [3.05, 3.63) is 96.6 Å². The maximum absolute atomic E-state index is 13.5. The van der Waals surface area contributed by atoms with Crippen LogP contribution < -0.4 is 10.5 Å². The van der Waals surface area contributed by atoms with Crippen LogP contribution in [-0.4, -0.2) is 15.0 Å². The van der Waals surface area contributed by atoms with E-state index in [0.717, 1.165) is 33.3 Å². The monoisotopic (exact) mass is 410 g/mol. The van der Waals surface area contributed by atoms with Gasteiger partial charge in [-0.05, 0) is 53.1 Å². The SMILES string of the molecule is Nc1cc(OCc2ccccc2)c2c(-c3ccncc3)c(-c3ccc(F)cc3)[nH]c2n1. The number of hydrogen-bond acceptors (Lipinski definition) is 4. The summed E-state index contributed by atoms with van der Waals surface area (Å²) in [6, 6.07) is 21.8. The Morgan fingerprint density at radius 1 is 0.903 bits per heavy atom. The van der Waals surface area contributed by atoms with Crippen LogP contribution in [0.1, 0.15) is 5.56 Å². The fraction of sp³-hybridized carbons (Fsp3) is 0.0400. The standard InChI is InChI=1S/C25H19FN4O/c26-19-8-6-18(7-9-19)24-22(17-10-12-28-13-11-17)23-20(14-21(27)29-25(23)30-24)31-15-16-4-2-1-3-5-16/h1-14H,15H2,(H3,27,29,30). The second-order valence-electron chi connectivity index (χ2n) is 7.16. The Kier molecular flexibility index (Phi) is 4.80. The summed E-state index contributed by atoms with van der Waals surface area (Å²) in [6.45, 7) is 0.395. The van der Waals surface area contributed by atoms with E-state index in [1.54, 1.807) is 30.6 Å². The molecule has 5 aromatic rings. The van der Waals surface area contributed by atoms with Crippen molar-refractivity contribution in [1.29, 1.82) is 0 Å². The molecule has 5 rings (SSSR count). The summed E-state index contributed by atoms with van der Waals surface area (Å²) in [5.41, 5.74) is 11.2. The van der Waals surface area contributed by atoms with Crippen LogP contribution in [0.15, 0.2) is 85.2 Å². The van der Waals surface area contributed by atoms with E-state index in [1.165, 1.54) is 12.1 Å². The molecule has 0 bridgehead atoms. The van der Waals surface area contributed by atoms with Crippen LogP contribution in [-0.2, 0) is 6.61 Å². The predicted octanol–water partition coefficient (Wildman–Crippen LogP) is 5.59. The van der Waals surface area contributed by atoms with Crippen molar-refractivity contribution in [1.82, 2.24) is 15.0 Å². The van der Waals surface area contributed by atoms with E-state index in [9.17, 15) is 4.39 Å². The van der Waals surface area contributed by atoms with Crippen molar-refractivity contribution in [3.8, 4) is 28.1 Å². The number of hydrogen-bond donors (Lipinski definition) is 2. The maximum atomic E-state index is 13.5. The fourth-order valence-electron chi connectivity index (χ4n) is 3.67. The van der Waals surface area contributed by atoms with Gasteiger partial charge in [0.1, 0.15) is 29.6 Å². The van der Waals surface area contributed by atoms with E-state index in [2.05, 4.69) is 15.0 Å². The quantitative estimate of drug-likeness (QED) is 0.396. The number of H-pyrrole nitrogens is 1. The Hall–Kier alpha value is -4.19. The summed E-state index contributed by atoms with van der Waals surface area (Å²) in [5, 5.41) is 0.815. The third-order valence-electron chi connectivity index (χ3n) is 5.09. The second kappa shape index (κ2) is 7.91. The van der Waals surface area contributed by atoms with E-state index in [1.807, 2.05) is 42.5 Å². The molecule has 0 unspecified atom stereocenters. The molecule has 152 valence electrons. The van der Waals surface area contributed by atoms with Gasteiger partial charge in [0.2, 0.25) is 0 Å². The van der Waals surface area contributed by atoms with E-state index in [0.29, 0.717) is 23.8 Å². The van der Waals surface area contributed by atoms with E-state index < -0.39 is 0 Å². The fourth-order valence-corrected chi connectivity index (χ4v) is 3.67. The molecule has 0 fully saturated rings. The number of anilines is 1. The zero-order chi connectivity index (χ0) is 21.2. The van der Waals surface area contributed by atoms with Crippen molar-refractivity contribution in [2.75, 3.05) is 5.73 Å². The van der Waals surface area contributed by atoms with Gasteiger partial charge in [-0.25, -0.2) is 9.37 Å². The van der Waals surface area contributed by atoms with Gasteiger partial charge in [-0.2, -0.15) is 0 Å². The molecule has 0 radical (unpaired) electrons. The zero-order valence-electron chi connectivity index (χ0n) is 16.5. The number of nitrogens with zero attached hydrogens (tertiary/aromatic N) is 2. The van der Waals surface area contributed by atoms with Gasteiger partial charge in [-0.15, -0.1) is 0 Å². The molecule has 0 saturated heterocycles. The molecule has 0 aliphatic rings. The predicted molar refractivity (Wildman–Crippen MR) is 120 cm³/mol. The molecule has 2 aromatic carbocycles. The van der Waals surface area contributed by atoms with Gasteiger partial charge < -0.3 is 15.5 Å². The average Bonchev–Trinajstić information content (AvgIpc) is 3.18. The number of aromatic nitrogens is 3. The second-order valence-corrected chi connectivity index (χ2v) is 7.16. The number of rotatable bonds is 5. The number of nitrogens with two attached hydrogens (primary N) is 1. The first kappa shape index (κ1) is 18.8. The minimum absolute atomic E-state index is 0.292. The lowest BCUT2D eigenvalue weighted by Gasteiger charge is -2.11. The number of benzene rings is 2. The lowest BCUT2D eigenvalue weighted by atomic mass is 9.99. The Labute approximate surface area is 178 Å². The molecule has 5 nitrogen and oxygen atoms in total. The number of nitrogen functional groups attached to an aromatic ring is 1. The first-order chi connectivity index (χ1) is 15.2. The molecule has 0 atom stereocenters. The first-order valence-electron chi connectivity index (χ1n) is 9.84. The minimum Gasteiger partial charge on any atom is -0.488 e. The molecular weight excluding hydrogens is 391 g/mol. The molecule has 0 amide bonds. The Morgan fingerprint density at radius 2 is 1.65 bits per heavy atom. The molecular formula is C25H19FN4O. The molecule has 31 heavy (non-hydrogen) atoms. The van der Waals surface area contributed by atoms with E-state index in [-0.39, 0.29) is 5.82 Å². The van der Waals surface area contributed by atoms with Crippen molar-refractivity contribution in [3.63, 3.8) is 0 Å². The van der Waals surface area contributed by atoms with Gasteiger partial charge in [-0.1, -0.05) is 30.3 Å². The lowest BCUT2D eigenvalue weighted by molar-refractivity contribution is 0.310. The average molecular weight is 410 g/mol. The number of aromatic amines is 1. The lowest BCUT2D eigenvalue weighted by Crippen LogP contribution is -1.98. The first-order valence-corrected chi connectivity index (χ1v) is 9.84. The largest absolute Gasteiger partial charge is 0.488 e. The van der Waals surface area contributed by atoms with Gasteiger partial charge in [0.25, 0.3) is 0 Å². The third-order valence-corrected chi connectivity index (χ3v) is 5.09. The van der Waals surface area contributed by atoms with Gasteiger partial charge >= 0.3 is 0 Å². The highest BCUT2D eigenvalue weighted by Crippen LogP contribution is 2.42. The Morgan fingerprint density at radius 3 is 2.39 bits per heavy atom. The molecule has 3 N–H and O–H groups in total. The Bertz CT molecular complexity index is 1330. The summed E-state index contributed by atoms with van der Waals surface area (Å²) in [4.78, 5) is 12.0. The van der Waals surface area contributed by atoms with Crippen molar-refractivity contribution < 1.29 is 9.13 Å². The summed E-state index contributed by atoms with van der Waals surface area (Å²) < 4.78 is 19.7. The van der Waals surface area contributed by atoms with Crippen LogP contribution in [0.5, 0.6) is 5.75 Å². The zero-order valence-corrected chi connectivity index (χ0v) is 16.5. The molecule has 0 aliphatic carbocycles. The highest BCUT2D eigenvalue weighted by Gasteiger charge is 2.20. The van der Waals surface area contributed by atoms with Crippen LogP contribution in [0.2, 0.25) is 0 Å². The summed E-state index contributed by atoms with van der Waals surface area (Å²) >= 11 is 0. The normalized spacial score (nSPS) is 11.0. The van der Waals surface area contributed by atoms with Gasteiger partial charge in [0.15, 0.2) is 0 Å². The van der Waals surface area contributed by atoms with Gasteiger partial charge in [-0.3, -0.25) is 4.98 Å². The number of pyridine rings is 2. The van der Waals surface area contributed by atoms with Gasteiger partial charge in [0.05, 0.1) is 11.1 Å². The number of ether oxygens (including phenoxy) is 1. The van der Waals surface area contributed by atoms with Crippen LogP contribution >= 0.6 is 0 Å². The van der Waals surface area contributed by atoms with Gasteiger partial charge in [0, 0.05) is 24.0 Å². The maximum Gasteiger partial charge on any atom is 0.144 e. The third kappa shape index (κ3) is 3.71. The smallest absolute Gasteiger partial charge is 0.144 e. The topological polar surface area (TPSA) is 76.8 Å². The molecule has 0 saturated carbocycles. The number of fused-ring (bicyclic) bond motifs is 1. The molecule has 0 aliphatic heterocycles. The van der Waals surface area contributed by atoms with Crippen LogP contribution in [0.4, 0.5) is 10.2 Å². The highest BCUT2D eigenvalue weighted by atomic mass is 19.1. The number of nitrogens with one attached hydrogen (secondary N) is 1. The van der Waals surface area contributed by atoms with E-state index >= 15 is 0 Å². The van der Waals surface area contributed by atoms with Crippen molar-refractivity contribution in [2.24, 2.45) is 0 Å². The minimum atomic E-state index is -0.292.